The molecule has 0 aliphatic carbocycles. The average Bonchev–Trinajstić information content (AvgIpc) is 3.42. The van der Waals surface area contributed by atoms with Crippen LogP contribution in [0.2, 0.25) is 0 Å². The van der Waals surface area contributed by atoms with Gasteiger partial charge in [-0.1, -0.05) is 5.16 Å². The van der Waals surface area contributed by atoms with Gasteiger partial charge >= 0.3 is 11.9 Å². The Hall–Kier alpha value is -3.92. The molecule has 3 fully saturated rings. The van der Waals surface area contributed by atoms with Crippen molar-refractivity contribution in [2.75, 3.05) is 11.5 Å². The molecule has 4 N–H and O–H groups in total. The Morgan fingerprint density at radius 1 is 1.39 bits per heavy atom. The minimum absolute atomic E-state index is 0.00951. The summed E-state index contributed by atoms with van der Waals surface area (Å²) in [5.41, 5.74) is 3.96. The fourth-order valence-corrected chi connectivity index (χ4v) is 6.82. The fourth-order valence-electron chi connectivity index (χ4n) is 4.35. The number of carboxylic acids is 1. The number of esters is 1. The standard InChI is InChI=1S/C20H18N6O8S2/c21-19-23-11(7-35-19)13(25-33-6-9-1-3-22-4-2-9)15(28)24-14-16(29)26-17(14)36(32)8-10-5-12(27)34-20(10,26)18(30)31/h1-4,7,10,14,17H,5-6,8H2,(H2,21,23)(H,24,28)(H,30,31)/b25-13-/t10-,14+,17+,20+,36?/m0/s1. The molecule has 0 saturated carbocycles. The van der Waals surface area contributed by atoms with Crippen molar-refractivity contribution in [1.82, 2.24) is 20.2 Å². The topological polar surface area (TPSA) is 203 Å². The number of ether oxygens (including phenoxy) is 1. The summed E-state index contributed by atoms with van der Waals surface area (Å²) in [6.07, 6.45) is 2.85. The van der Waals surface area contributed by atoms with E-state index < -0.39 is 57.6 Å². The number of aromatic nitrogens is 2. The zero-order valence-electron chi connectivity index (χ0n) is 18.2. The number of nitrogen functional groups attached to an aromatic ring is 1. The van der Waals surface area contributed by atoms with Gasteiger partial charge in [0.05, 0.1) is 12.3 Å². The highest BCUT2D eigenvalue weighted by atomic mass is 32.2. The first-order valence-electron chi connectivity index (χ1n) is 10.5. The minimum atomic E-state index is -2.25. The van der Waals surface area contributed by atoms with Crippen LogP contribution in [-0.2, 0) is 46.2 Å². The molecule has 3 aliphatic heterocycles. The van der Waals surface area contributed by atoms with E-state index >= 15 is 0 Å². The lowest BCUT2D eigenvalue weighted by molar-refractivity contribution is -0.216. The summed E-state index contributed by atoms with van der Waals surface area (Å²) in [4.78, 5) is 64.1. The first-order valence-corrected chi connectivity index (χ1v) is 12.7. The summed E-state index contributed by atoms with van der Waals surface area (Å²) in [5, 5.41) is 16.6. The lowest BCUT2D eigenvalue weighted by Crippen LogP contribution is -2.83. The van der Waals surface area contributed by atoms with Crippen LogP contribution in [-0.4, -0.2) is 76.5 Å². The number of carboxylic acid groups (broad SMARTS) is 1. The molecule has 5 atom stereocenters. The van der Waals surface area contributed by atoms with E-state index in [1.165, 1.54) is 5.38 Å². The second-order valence-electron chi connectivity index (χ2n) is 8.11. The summed E-state index contributed by atoms with van der Waals surface area (Å²) in [7, 11) is -1.76. The van der Waals surface area contributed by atoms with Crippen molar-refractivity contribution in [2.24, 2.45) is 11.1 Å². The molecule has 0 bridgehead atoms. The number of hydrogen-bond donors (Lipinski definition) is 3. The third-order valence-corrected chi connectivity index (χ3v) is 8.41. The third-order valence-electron chi connectivity index (χ3n) is 5.98. The van der Waals surface area contributed by atoms with Crippen molar-refractivity contribution < 1.29 is 38.1 Å². The molecule has 5 rings (SSSR count). The number of rotatable bonds is 7. The molecule has 188 valence electrons. The van der Waals surface area contributed by atoms with Crippen molar-refractivity contribution in [3.05, 3.63) is 41.2 Å². The number of fused-ring (bicyclic) bond motifs is 3. The molecule has 2 aromatic heterocycles. The molecule has 14 nitrogen and oxygen atoms in total. The van der Waals surface area contributed by atoms with Gasteiger partial charge in [0.2, 0.25) is 0 Å². The van der Waals surface area contributed by atoms with Crippen molar-refractivity contribution >= 4 is 56.7 Å². The van der Waals surface area contributed by atoms with Gasteiger partial charge in [-0.2, -0.15) is 0 Å². The summed E-state index contributed by atoms with van der Waals surface area (Å²) >= 11 is 1.06. The van der Waals surface area contributed by atoms with Crippen LogP contribution in [0.15, 0.2) is 35.1 Å². The second-order valence-corrected chi connectivity index (χ2v) is 10.6. The maximum Gasteiger partial charge on any atom is 0.370 e. The van der Waals surface area contributed by atoms with Crippen LogP contribution in [0.3, 0.4) is 0 Å². The van der Waals surface area contributed by atoms with Crippen molar-refractivity contribution in [3.8, 4) is 0 Å². The van der Waals surface area contributed by atoms with Crippen LogP contribution in [0, 0.1) is 5.92 Å². The van der Waals surface area contributed by atoms with E-state index in [0.29, 0.717) is 0 Å². The zero-order chi connectivity index (χ0) is 25.6. The summed E-state index contributed by atoms with van der Waals surface area (Å²) in [6.45, 7) is 0.00951. The van der Waals surface area contributed by atoms with Gasteiger partial charge in [-0.25, -0.2) is 9.78 Å². The van der Waals surface area contributed by atoms with E-state index in [1.807, 2.05) is 0 Å². The quantitative estimate of drug-likeness (QED) is 0.167. The van der Waals surface area contributed by atoms with Crippen LogP contribution < -0.4 is 11.1 Å². The van der Waals surface area contributed by atoms with Gasteiger partial charge in [0.1, 0.15) is 23.7 Å². The van der Waals surface area contributed by atoms with Crippen LogP contribution in [0.1, 0.15) is 17.7 Å². The monoisotopic (exact) mass is 534 g/mol. The molecular weight excluding hydrogens is 516 g/mol. The lowest BCUT2D eigenvalue weighted by Gasteiger charge is -2.56. The maximum atomic E-state index is 13.1. The van der Waals surface area contributed by atoms with Crippen LogP contribution in [0.25, 0.3) is 0 Å². The highest BCUT2D eigenvalue weighted by molar-refractivity contribution is 7.85. The largest absolute Gasteiger partial charge is 0.477 e. The van der Waals surface area contributed by atoms with Crippen LogP contribution in [0.5, 0.6) is 0 Å². The summed E-state index contributed by atoms with van der Waals surface area (Å²) < 4.78 is 18.0. The smallest absolute Gasteiger partial charge is 0.370 e. The van der Waals surface area contributed by atoms with E-state index in [4.69, 9.17) is 15.3 Å². The van der Waals surface area contributed by atoms with Gasteiger partial charge < -0.3 is 25.7 Å². The number of carbonyl (C=O) groups is 4. The number of aliphatic carboxylic acids is 1. The number of carbonyl (C=O) groups excluding carboxylic acids is 3. The molecule has 0 radical (unpaired) electrons. The number of hydrogen-bond acceptors (Lipinski definition) is 12. The van der Waals surface area contributed by atoms with Gasteiger partial charge in [0.15, 0.2) is 10.8 Å². The van der Waals surface area contributed by atoms with Gasteiger partial charge in [-0.05, 0) is 17.7 Å². The molecule has 3 saturated heterocycles. The molecule has 0 spiro atoms. The zero-order valence-corrected chi connectivity index (χ0v) is 19.9. The van der Waals surface area contributed by atoms with Crippen molar-refractivity contribution in [1.29, 1.82) is 0 Å². The number of thiazole rings is 1. The van der Waals surface area contributed by atoms with E-state index in [-0.39, 0.29) is 35.3 Å². The fraction of sp³-hybridized carbons (Fsp3) is 0.350. The molecular formula is C20H18N6O8S2. The number of oxime groups is 1. The number of anilines is 1. The molecule has 16 heteroatoms. The molecule has 0 aromatic carbocycles. The Balaban J connectivity index is 1.37. The number of pyridine rings is 1. The van der Waals surface area contributed by atoms with Crippen molar-refractivity contribution in [3.63, 3.8) is 0 Å². The molecule has 2 aromatic rings. The molecule has 36 heavy (non-hydrogen) atoms. The molecule has 3 aliphatic rings. The van der Waals surface area contributed by atoms with Crippen LogP contribution >= 0.6 is 11.3 Å². The van der Waals surface area contributed by atoms with Gasteiger partial charge in [0.25, 0.3) is 17.5 Å². The van der Waals surface area contributed by atoms with E-state index in [1.54, 1.807) is 24.5 Å². The van der Waals surface area contributed by atoms with E-state index in [9.17, 15) is 28.5 Å². The Labute approximate surface area is 208 Å². The van der Waals surface area contributed by atoms with Crippen LogP contribution in [0.4, 0.5) is 5.13 Å². The van der Waals surface area contributed by atoms with Gasteiger partial charge in [0, 0.05) is 34.3 Å². The minimum Gasteiger partial charge on any atom is -0.477 e. The summed E-state index contributed by atoms with van der Waals surface area (Å²) in [5.74, 6) is -5.21. The van der Waals surface area contributed by atoms with Gasteiger partial charge in [-0.15, -0.1) is 11.3 Å². The Morgan fingerprint density at radius 3 is 2.81 bits per heavy atom. The number of amides is 2. The average molecular weight is 535 g/mol. The SMILES string of the molecule is Nc1nc(/C(=N/OCc2ccncc2)C(=O)N[C@@H]2C(=O)N3[C@@H]2S(=O)C[C@@H]2CC(=O)O[C@@]23C(=O)O)cs1. The molecule has 5 heterocycles. The molecule has 2 amide bonds. The number of β-lactam (4-membered cyclic amide) rings is 1. The predicted molar refractivity (Wildman–Crippen MR) is 122 cm³/mol. The highest BCUT2D eigenvalue weighted by Crippen LogP contribution is 2.47. The Bertz CT molecular complexity index is 1320. The summed E-state index contributed by atoms with van der Waals surface area (Å²) in [6, 6.07) is 2.05. The second kappa shape index (κ2) is 8.94. The highest BCUT2D eigenvalue weighted by Gasteiger charge is 2.73. The van der Waals surface area contributed by atoms with E-state index in [2.05, 4.69) is 20.4 Å². The maximum absolute atomic E-state index is 13.1. The normalized spacial score (nSPS) is 29.0. The first kappa shape index (κ1) is 23.8. The Morgan fingerprint density at radius 2 is 2.14 bits per heavy atom. The number of nitrogens with two attached hydrogens (primary N) is 1. The third kappa shape index (κ3) is 3.78. The lowest BCUT2D eigenvalue weighted by atomic mass is 9.89. The first-order chi connectivity index (χ1) is 17.2. The predicted octanol–water partition coefficient (Wildman–Crippen LogP) is -1.20. The number of nitrogens with one attached hydrogen (secondary N) is 1. The van der Waals surface area contributed by atoms with E-state index in [0.717, 1.165) is 21.8 Å². The Kier molecular flexibility index (Phi) is 5.91. The van der Waals surface area contributed by atoms with Crippen molar-refractivity contribution in [2.45, 2.75) is 30.2 Å². The molecule has 1 unspecified atom stereocenters. The number of nitrogens with zero attached hydrogens (tertiary/aromatic N) is 4. The van der Waals surface area contributed by atoms with Gasteiger partial charge in [-0.3, -0.25) is 28.5 Å².